The number of fused-ring (bicyclic) bond motifs is 1. The van der Waals surface area contributed by atoms with Crippen molar-refractivity contribution in [3.05, 3.63) is 32.6 Å². The average molecular weight is 340 g/mol. The summed E-state index contributed by atoms with van der Waals surface area (Å²) in [6.45, 7) is 0. The van der Waals surface area contributed by atoms with E-state index in [0.29, 0.717) is 0 Å². The topological polar surface area (TPSA) is 0 Å². The molecule has 0 atom stereocenters. The first kappa shape index (κ1) is 9.97. The number of halogens is 3. The molecule has 0 N–H and O–H groups in total. The highest BCUT2D eigenvalue weighted by Gasteiger charge is 2.07. The molecule has 1 aromatic carbocycles. The fraction of sp³-hybridized carbons (Fsp3) is 0.111. The van der Waals surface area contributed by atoms with Gasteiger partial charge in [0.2, 0.25) is 0 Å². The van der Waals surface area contributed by atoms with Crippen molar-refractivity contribution in [2.45, 2.75) is 5.33 Å². The number of rotatable bonds is 1. The number of hydrogen-bond donors (Lipinski definition) is 0. The van der Waals surface area contributed by atoms with E-state index in [4.69, 9.17) is 11.6 Å². The molecule has 0 amide bonds. The molecule has 4 heteroatoms. The molecule has 0 radical (unpaired) electrons. The lowest BCUT2D eigenvalue weighted by Crippen LogP contribution is -1.67. The molecule has 0 aliphatic carbocycles. The third-order valence-electron chi connectivity index (χ3n) is 1.77. The second-order valence-electron chi connectivity index (χ2n) is 2.62. The number of hydrogen-bond acceptors (Lipinski definition) is 1. The van der Waals surface area contributed by atoms with E-state index in [9.17, 15) is 0 Å². The molecule has 0 aliphatic rings. The van der Waals surface area contributed by atoms with Crippen molar-refractivity contribution >= 4 is 64.9 Å². The van der Waals surface area contributed by atoms with E-state index in [0.717, 1.165) is 19.5 Å². The Kier molecular flexibility index (Phi) is 2.98. The third kappa shape index (κ3) is 1.80. The molecule has 0 aliphatic heterocycles. The molecular weight excluding hydrogens is 335 g/mol. The third-order valence-corrected chi connectivity index (χ3v) is 5.03. The molecule has 0 saturated heterocycles. The first-order chi connectivity index (χ1) is 6.22. The van der Waals surface area contributed by atoms with Crippen molar-refractivity contribution in [2.75, 3.05) is 0 Å². The Labute approximate surface area is 102 Å². The maximum absolute atomic E-state index is 6.07. The Hall–Kier alpha value is 0.430. The van der Waals surface area contributed by atoms with Gasteiger partial charge in [0.05, 0.1) is 9.72 Å². The second-order valence-corrected chi connectivity index (χ2v) is 5.58. The van der Waals surface area contributed by atoms with Crippen LogP contribution in [0.4, 0.5) is 0 Å². The minimum Gasteiger partial charge on any atom is -0.138 e. The standard InChI is InChI=1S/C9H5Br2ClS/c10-4-5-3-6-7(11)1-2-8(12)9(6)13-5/h1-3H,4H2. The molecule has 1 heterocycles. The Balaban J connectivity index is 2.80. The largest absolute Gasteiger partial charge is 0.138 e. The summed E-state index contributed by atoms with van der Waals surface area (Å²) >= 11 is 14.7. The van der Waals surface area contributed by atoms with Crippen LogP contribution in [0.25, 0.3) is 10.1 Å². The SMILES string of the molecule is Clc1ccc(Br)c2cc(CBr)sc12. The summed E-state index contributed by atoms with van der Waals surface area (Å²) in [5.41, 5.74) is 0. The van der Waals surface area contributed by atoms with Crippen LogP contribution in [0.1, 0.15) is 4.88 Å². The van der Waals surface area contributed by atoms with Gasteiger partial charge in [0, 0.05) is 20.1 Å². The van der Waals surface area contributed by atoms with Crippen LogP contribution in [-0.2, 0) is 5.33 Å². The van der Waals surface area contributed by atoms with Crippen molar-refractivity contribution < 1.29 is 0 Å². The molecule has 2 rings (SSSR count). The van der Waals surface area contributed by atoms with Gasteiger partial charge in [-0.2, -0.15) is 0 Å². The molecule has 13 heavy (non-hydrogen) atoms. The predicted octanol–water partition coefficient (Wildman–Crippen LogP) is 5.21. The second kappa shape index (κ2) is 3.89. The molecule has 0 bridgehead atoms. The van der Waals surface area contributed by atoms with Gasteiger partial charge in [0.15, 0.2) is 0 Å². The Morgan fingerprint density at radius 1 is 1.38 bits per heavy atom. The summed E-state index contributed by atoms with van der Waals surface area (Å²) < 4.78 is 2.26. The molecule has 68 valence electrons. The zero-order chi connectivity index (χ0) is 9.42. The minimum atomic E-state index is 0.829. The lowest BCUT2D eigenvalue weighted by atomic mass is 10.2. The highest BCUT2D eigenvalue weighted by Crippen LogP contribution is 2.37. The van der Waals surface area contributed by atoms with Crippen LogP contribution in [0.2, 0.25) is 5.02 Å². The van der Waals surface area contributed by atoms with E-state index in [2.05, 4.69) is 37.9 Å². The normalized spacial score (nSPS) is 11.0. The van der Waals surface area contributed by atoms with Crippen LogP contribution in [-0.4, -0.2) is 0 Å². The smallest absolute Gasteiger partial charge is 0.0585 e. The summed E-state index contributed by atoms with van der Waals surface area (Å²) in [5, 5.41) is 2.91. The molecule has 0 saturated carbocycles. The summed E-state index contributed by atoms with van der Waals surface area (Å²) in [6.07, 6.45) is 0. The highest BCUT2D eigenvalue weighted by atomic mass is 79.9. The summed E-state index contributed by atoms with van der Waals surface area (Å²) in [7, 11) is 0. The Morgan fingerprint density at radius 3 is 2.77 bits per heavy atom. The zero-order valence-corrected chi connectivity index (χ0v) is 11.2. The van der Waals surface area contributed by atoms with Crippen molar-refractivity contribution in [3.8, 4) is 0 Å². The zero-order valence-electron chi connectivity index (χ0n) is 6.48. The van der Waals surface area contributed by atoms with Gasteiger partial charge in [-0.15, -0.1) is 11.3 Å². The minimum absolute atomic E-state index is 0.829. The van der Waals surface area contributed by atoms with Gasteiger partial charge in [-0.25, -0.2) is 0 Å². The van der Waals surface area contributed by atoms with Crippen molar-refractivity contribution in [2.24, 2.45) is 0 Å². The van der Waals surface area contributed by atoms with Gasteiger partial charge < -0.3 is 0 Å². The van der Waals surface area contributed by atoms with Gasteiger partial charge in [-0.05, 0) is 18.2 Å². The van der Waals surface area contributed by atoms with Gasteiger partial charge in [0.25, 0.3) is 0 Å². The number of benzene rings is 1. The van der Waals surface area contributed by atoms with Crippen LogP contribution >= 0.6 is 54.8 Å². The summed E-state index contributed by atoms with van der Waals surface area (Å²) in [4.78, 5) is 1.30. The van der Waals surface area contributed by atoms with E-state index < -0.39 is 0 Å². The van der Waals surface area contributed by atoms with E-state index in [1.54, 1.807) is 11.3 Å². The predicted molar refractivity (Wildman–Crippen MR) is 67.2 cm³/mol. The van der Waals surface area contributed by atoms with Crippen LogP contribution in [0.3, 0.4) is 0 Å². The first-order valence-corrected chi connectivity index (χ1v) is 6.75. The molecule has 0 fully saturated rings. The lowest BCUT2D eigenvalue weighted by Gasteiger charge is -1.94. The van der Waals surface area contributed by atoms with Gasteiger partial charge >= 0.3 is 0 Å². The Morgan fingerprint density at radius 2 is 2.15 bits per heavy atom. The molecular formula is C9H5Br2ClS. The fourth-order valence-corrected chi connectivity index (χ4v) is 3.47. The number of alkyl halides is 1. The maximum Gasteiger partial charge on any atom is 0.0585 e. The molecule has 0 nitrogen and oxygen atoms in total. The maximum atomic E-state index is 6.07. The molecule has 2 aromatic rings. The van der Waals surface area contributed by atoms with Gasteiger partial charge in [0.1, 0.15) is 0 Å². The van der Waals surface area contributed by atoms with E-state index >= 15 is 0 Å². The van der Waals surface area contributed by atoms with Gasteiger partial charge in [-0.3, -0.25) is 0 Å². The quantitative estimate of drug-likeness (QED) is 0.625. The number of thiophene rings is 1. The Bertz CT molecular complexity index is 411. The van der Waals surface area contributed by atoms with E-state index in [-0.39, 0.29) is 0 Å². The van der Waals surface area contributed by atoms with Crippen molar-refractivity contribution in [3.63, 3.8) is 0 Å². The summed E-state index contributed by atoms with van der Waals surface area (Å²) in [6, 6.07) is 6.06. The van der Waals surface area contributed by atoms with Crippen LogP contribution in [0.15, 0.2) is 22.7 Å². The van der Waals surface area contributed by atoms with E-state index in [1.165, 1.54) is 10.3 Å². The van der Waals surface area contributed by atoms with Gasteiger partial charge in [-0.1, -0.05) is 43.5 Å². The lowest BCUT2D eigenvalue weighted by molar-refractivity contribution is 1.59. The fourth-order valence-electron chi connectivity index (χ4n) is 1.17. The average Bonchev–Trinajstić information content (AvgIpc) is 2.56. The monoisotopic (exact) mass is 338 g/mol. The molecule has 1 aromatic heterocycles. The van der Waals surface area contributed by atoms with Crippen molar-refractivity contribution in [1.82, 2.24) is 0 Å². The van der Waals surface area contributed by atoms with Crippen LogP contribution < -0.4 is 0 Å². The highest BCUT2D eigenvalue weighted by molar-refractivity contribution is 9.10. The molecule has 0 unspecified atom stereocenters. The van der Waals surface area contributed by atoms with E-state index in [1.807, 2.05) is 12.1 Å². The summed E-state index contributed by atoms with van der Waals surface area (Å²) in [5.74, 6) is 0. The molecule has 0 spiro atoms. The van der Waals surface area contributed by atoms with Crippen LogP contribution in [0.5, 0.6) is 0 Å². The van der Waals surface area contributed by atoms with Crippen LogP contribution in [0, 0.1) is 0 Å². The first-order valence-electron chi connectivity index (χ1n) is 3.65. The van der Waals surface area contributed by atoms with Crippen molar-refractivity contribution in [1.29, 1.82) is 0 Å².